The zero-order valence-corrected chi connectivity index (χ0v) is 16.4. The van der Waals surface area contributed by atoms with Crippen molar-refractivity contribution in [1.29, 1.82) is 0 Å². The number of benzene rings is 1. The lowest BCUT2D eigenvalue weighted by atomic mass is 10.2. The van der Waals surface area contributed by atoms with E-state index in [1.807, 2.05) is 26.0 Å². The van der Waals surface area contributed by atoms with Gasteiger partial charge in [-0.3, -0.25) is 4.99 Å². The van der Waals surface area contributed by atoms with Gasteiger partial charge in [-0.15, -0.1) is 0 Å². The van der Waals surface area contributed by atoms with Crippen molar-refractivity contribution in [3.8, 4) is 11.5 Å². The van der Waals surface area contributed by atoms with Crippen molar-refractivity contribution in [2.75, 3.05) is 40.5 Å². The molecule has 6 nitrogen and oxygen atoms in total. The van der Waals surface area contributed by atoms with Crippen LogP contribution in [0.3, 0.4) is 0 Å². The van der Waals surface area contributed by atoms with Crippen molar-refractivity contribution in [2.45, 2.75) is 33.2 Å². The van der Waals surface area contributed by atoms with Crippen LogP contribution in [-0.4, -0.2) is 46.5 Å². The lowest BCUT2D eigenvalue weighted by molar-refractivity contribution is 0.143. The molecule has 1 aromatic carbocycles. The molecule has 0 aliphatic rings. The second-order valence-electron chi connectivity index (χ2n) is 5.30. The van der Waals surface area contributed by atoms with Gasteiger partial charge in [0.15, 0.2) is 17.5 Å². The Labute approximate surface area is 155 Å². The average molecular weight is 372 g/mol. The number of methoxy groups -OCH3 is 1. The number of hydrogen-bond acceptors (Lipinski definition) is 4. The average Bonchev–Trinajstić information content (AvgIpc) is 2.62. The molecule has 0 heterocycles. The number of nitrogens with zero attached hydrogens (tertiary/aromatic N) is 1. The summed E-state index contributed by atoms with van der Waals surface area (Å²) in [7, 11) is 3.36. The van der Waals surface area contributed by atoms with Crippen LogP contribution in [0.2, 0.25) is 5.02 Å². The summed E-state index contributed by atoms with van der Waals surface area (Å²) in [5, 5.41) is 7.10. The van der Waals surface area contributed by atoms with Crippen molar-refractivity contribution in [3.63, 3.8) is 0 Å². The van der Waals surface area contributed by atoms with Gasteiger partial charge in [0.1, 0.15) is 0 Å². The molecule has 0 radical (unpaired) electrons. The summed E-state index contributed by atoms with van der Waals surface area (Å²) in [5.74, 6) is 1.96. The molecule has 1 aromatic rings. The zero-order chi connectivity index (χ0) is 18.5. The first-order valence-corrected chi connectivity index (χ1v) is 9.05. The number of ether oxygens (including phenoxy) is 3. The largest absolute Gasteiger partial charge is 0.493 e. The smallest absolute Gasteiger partial charge is 0.191 e. The van der Waals surface area contributed by atoms with Crippen LogP contribution in [0, 0.1) is 0 Å². The van der Waals surface area contributed by atoms with Gasteiger partial charge in [-0.1, -0.05) is 11.6 Å². The van der Waals surface area contributed by atoms with Gasteiger partial charge in [-0.2, -0.15) is 0 Å². The van der Waals surface area contributed by atoms with E-state index in [1.54, 1.807) is 14.2 Å². The first-order valence-electron chi connectivity index (χ1n) is 8.67. The van der Waals surface area contributed by atoms with Gasteiger partial charge in [0.2, 0.25) is 0 Å². The highest BCUT2D eigenvalue weighted by Crippen LogP contribution is 2.36. The van der Waals surface area contributed by atoms with Crippen LogP contribution in [-0.2, 0) is 11.3 Å². The van der Waals surface area contributed by atoms with Crippen LogP contribution in [0.4, 0.5) is 0 Å². The van der Waals surface area contributed by atoms with E-state index in [-0.39, 0.29) is 0 Å². The maximum Gasteiger partial charge on any atom is 0.191 e. The fraction of sp³-hybridized carbons (Fsp3) is 0.611. The molecule has 1 rings (SSSR count). The van der Waals surface area contributed by atoms with Gasteiger partial charge >= 0.3 is 0 Å². The van der Waals surface area contributed by atoms with E-state index >= 15 is 0 Å². The van der Waals surface area contributed by atoms with Crippen LogP contribution in [0.5, 0.6) is 11.5 Å². The summed E-state index contributed by atoms with van der Waals surface area (Å²) < 4.78 is 16.2. The second-order valence-corrected chi connectivity index (χ2v) is 5.71. The first kappa shape index (κ1) is 21.4. The molecule has 0 spiro atoms. The minimum Gasteiger partial charge on any atom is -0.493 e. The highest BCUT2D eigenvalue weighted by atomic mass is 35.5. The number of aliphatic imine (C=N–C) groups is 1. The predicted octanol–water partition coefficient (Wildman–Crippen LogP) is 3.23. The van der Waals surface area contributed by atoms with Gasteiger partial charge in [0.05, 0.1) is 18.7 Å². The van der Waals surface area contributed by atoms with Crippen molar-refractivity contribution in [1.82, 2.24) is 10.6 Å². The SMILES string of the molecule is CCOCCCCNC(=NC)NCc1cc(Cl)c(OCC)c(OC)c1. The van der Waals surface area contributed by atoms with E-state index < -0.39 is 0 Å². The third kappa shape index (κ3) is 7.84. The summed E-state index contributed by atoms with van der Waals surface area (Å²) in [6.45, 7) is 7.45. The third-order valence-electron chi connectivity index (χ3n) is 3.47. The Balaban J connectivity index is 2.51. The number of unbranched alkanes of at least 4 members (excludes halogenated alkanes) is 1. The summed E-state index contributed by atoms with van der Waals surface area (Å²) in [6.07, 6.45) is 2.06. The van der Waals surface area contributed by atoms with Crippen LogP contribution in [0.15, 0.2) is 17.1 Å². The van der Waals surface area contributed by atoms with E-state index in [1.165, 1.54) is 0 Å². The second kappa shape index (κ2) is 12.7. The van der Waals surface area contributed by atoms with Crippen molar-refractivity contribution >= 4 is 17.6 Å². The first-order chi connectivity index (χ1) is 12.2. The molecule has 0 unspecified atom stereocenters. The topological polar surface area (TPSA) is 64.1 Å². The number of nitrogens with one attached hydrogen (secondary N) is 2. The Morgan fingerprint density at radius 3 is 2.60 bits per heavy atom. The van der Waals surface area contributed by atoms with Gasteiger partial charge in [-0.25, -0.2) is 0 Å². The number of hydrogen-bond donors (Lipinski definition) is 2. The Morgan fingerprint density at radius 1 is 1.16 bits per heavy atom. The Morgan fingerprint density at radius 2 is 1.96 bits per heavy atom. The fourth-order valence-electron chi connectivity index (χ4n) is 2.25. The number of rotatable bonds is 11. The number of guanidine groups is 1. The van der Waals surface area contributed by atoms with Gasteiger partial charge in [0, 0.05) is 33.4 Å². The Bertz CT molecular complexity index is 539. The minimum atomic E-state index is 0.535. The molecule has 0 aliphatic heterocycles. The van der Waals surface area contributed by atoms with E-state index in [9.17, 15) is 0 Å². The molecular weight excluding hydrogens is 342 g/mol. The van der Waals surface area contributed by atoms with Crippen LogP contribution >= 0.6 is 11.6 Å². The molecule has 0 aliphatic carbocycles. The minimum absolute atomic E-state index is 0.535. The van der Waals surface area contributed by atoms with Crippen molar-refractivity contribution in [2.24, 2.45) is 4.99 Å². The third-order valence-corrected chi connectivity index (χ3v) is 3.75. The monoisotopic (exact) mass is 371 g/mol. The standard InChI is InChI=1S/C18H30ClN3O3/c1-5-24-10-8-7-9-21-18(20-3)22-13-14-11-15(19)17(25-6-2)16(12-14)23-4/h11-12H,5-10,13H2,1-4H3,(H2,20,21,22). The Kier molecular flexibility index (Phi) is 10.8. The normalized spacial score (nSPS) is 11.3. The maximum absolute atomic E-state index is 6.29. The molecule has 0 fully saturated rings. The highest BCUT2D eigenvalue weighted by molar-refractivity contribution is 6.32. The number of halogens is 1. The molecule has 25 heavy (non-hydrogen) atoms. The summed E-state index contributed by atoms with van der Waals surface area (Å²) >= 11 is 6.29. The van der Waals surface area contributed by atoms with Gasteiger partial charge < -0.3 is 24.8 Å². The van der Waals surface area contributed by atoms with E-state index in [2.05, 4.69) is 15.6 Å². The quantitative estimate of drug-likeness (QED) is 0.355. The van der Waals surface area contributed by atoms with Crippen LogP contribution < -0.4 is 20.1 Å². The fourth-order valence-corrected chi connectivity index (χ4v) is 2.53. The van der Waals surface area contributed by atoms with E-state index in [0.29, 0.717) is 29.7 Å². The molecule has 0 aromatic heterocycles. The van der Waals surface area contributed by atoms with Gasteiger partial charge in [0.25, 0.3) is 0 Å². The van der Waals surface area contributed by atoms with Crippen LogP contribution in [0.1, 0.15) is 32.3 Å². The van der Waals surface area contributed by atoms with E-state index in [4.69, 9.17) is 25.8 Å². The van der Waals surface area contributed by atoms with Crippen molar-refractivity contribution < 1.29 is 14.2 Å². The molecule has 0 atom stereocenters. The molecule has 0 saturated heterocycles. The molecule has 7 heteroatoms. The summed E-state index contributed by atoms with van der Waals surface area (Å²) in [4.78, 5) is 4.22. The molecule has 0 saturated carbocycles. The molecule has 0 bridgehead atoms. The molecule has 142 valence electrons. The predicted molar refractivity (Wildman–Crippen MR) is 103 cm³/mol. The lowest BCUT2D eigenvalue weighted by Crippen LogP contribution is -2.37. The lowest BCUT2D eigenvalue weighted by Gasteiger charge is -2.15. The van der Waals surface area contributed by atoms with Crippen molar-refractivity contribution in [3.05, 3.63) is 22.7 Å². The molecule has 2 N–H and O–H groups in total. The summed E-state index contributed by atoms with van der Waals surface area (Å²) in [6, 6.07) is 3.79. The van der Waals surface area contributed by atoms with Gasteiger partial charge in [-0.05, 0) is 44.4 Å². The highest BCUT2D eigenvalue weighted by Gasteiger charge is 2.11. The summed E-state index contributed by atoms with van der Waals surface area (Å²) in [5.41, 5.74) is 0.990. The molecule has 0 amide bonds. The maximum atomic E-state index is 6.29. The Hall–Kier alpha value is -1.66. The van der Waals surface area contributed by atoms with E-state index in [0.717, 1.165) is 44.1 Å². The zero-order valence-electron chi connectivity index (χ0n) is 15.7. The molecular formula is C18H30ClN3O3. The van der Waals surface area contributed by atoms with Crippen LogP contribution in [0.25, 0.3) is 0 Å².